The predicted molar refractivity (Wildman–Crippen MR) is 64.0 cm³/mol. The Morgan fingerprint density at radius 1 is 1.22 bits per heavy atom. The third-order valence-electron chi connectivity index (χ3n) is 2.46. The number of hydrogen-bond donors (Lipinski definition) is 3. The van der Waals surface area contributed by atoms with Crippen LogP contribution in [0.5, 0.6) is 0 Å². The van der Waals surface area contributed by atoms with Crippen molar-refractivity contribution in [3.8, 4) is 0 Å². The molecule has 4 N–H and O–H groups in total. The van der Waals surface area contributed by atoms with Gasteiger partial charge in [-0.05, 0) is 25.3 Å². The van der Waals surface area contributed by atoms with E-state index in [1.165, 1.54) is 0 Å². The number of nitrogens with one attached hydrogen (secondary N) is 1. The molecule has 0 unspecified atom stereocenters. The van der Waals surface area contributed by atoms with Gasteiger partial charge in [0.1, 0.15) is 0 Å². The van der Waals surface area contributed by atoms with Crippen LogP contribution in [0.3, 0.4) is 0 Å². The number of nitrogens with two attached hydrogens (primary N) is 1. The zero-order valence-corrected chi connectivity index (χ0v) is 9.88. The van der Waals surface area contributed by atoms with Crippen LogP contribution in [0.2, 0.25) is 0 Å². The SMILES string of the molecule is Nc1cc(F)c(F)cc1C(=O)NCCCCCO. The standard InChI is InChI=1S/C12H16F2N2O2/c13-9-6-8(11(15)7-10(9)14)12(18)16-4-2-1-3-5-17/h6-7,17H,1-5,15H2,(H,16,18). The van der Waals surface area contributed by atoms with E-state index in [1.54, 1.807) is 0 Å². The van der Waals surface area contributed by atoms with Crippen molar-refractivity contribution >= 4 is 11.6 Å². The van der Waals surface area contributed by atoms with Gasteiger partial charge in [0.15, 0.2) is 11.6 Å². The molecule has 0 saturated carbocycles. The molecule has 1 aromatic rings. The molecule has 0 aliphatic rings. The maximum Gasteiger partial charge on any atom is 0.253 e. The molecule has 6 heteroatoms. The Labute approximate surface area is 104 Å². The fourth-order valence-electron chi connectivity index (χ4n) is 1.47. The summed E-state index contributed by atoms with van der Waals surface area (Å²) in [5.41, 5.74) is 5.27. The highest BCUT2D eigenvalue weighted by molar-refractivity contribution is 5.99. The predicted octanol–water partition coefficient (Wildman–Crippen LogP) is 1.44. The van der Waals surface area contributed by atoms with Crippen molar-refractivity contribution in [2.45, 2.75) is 19.3 Å². The number of nitrogen functional groups attached to an aromatic ring is 1. The van der Waals surface area contributed by atoms with E-state index >= 15 is 0 Å². The Morgan fingerprint density at radius 2 is 1.89 bits per heavy atom. The molecular weight excluding hydrogens is 242 g/mol. The van der Waals surface area contributed by atoms with Crippen LogP contribution in [-0.2, 0) is 0 Å². The molecule has 0 radical (unpaired) electrons. The summed E-state index contributed by atoms with van der Waals surface area (Å²) in [6.45, 7) is 0.515. The molecule has 0 aliphatic carbocycles. The van der Waals surface area contributed by atoms with E-state index in [0.717, 1.165) is 18.6 Å². The molecule has 0 aliphatic heterocycles. The normalized spacial score (nSPS) is 10.4. The average Bonchev–Trinajstić information content (AvgIpc) is 2.33. The molecule has 0 saturated heterocycles. The molecule has 0 heterocycles. The van der Waals surface area contributed by atoms with Crippen LogP contribution < -0.4 is 11.1 Å². The quantitative estimate of drug-likeness (QED) is 0.534. The van der Waals surface area contributed by atoms with Crippen molar-refractivity contribution in [2.75, 3.05) is 18.9 Å². The molecule has 0 bridgehead atoms. The monoisotopic (exact) mass is 258 g/mol. The average molecular weight is 258 g/mol. The first-order valence-electron chi connectivity index (χ1n) is 5.70. The van der Waals surface area contributed by atoms with Gasteiger partial charge in [0, 0.05) is 24.9 Å². The number of aliphatic hydroxyl groups is 1. The highest BCUT2D eigenvalue weighted by Crippen LogP contribution is 2.16. The lowest BCUT2D eigenvalue weighted by Gasteiger charge is -2.08. The van der Waals surface area contributed by atoms with Crippen LogP contribution in [0.15, 0.2) is 12.1 Å². The van der Waals surface area contributed by atoms with E-state index in [2.05, 4.69) is 5.32 Å². The number of amides is 1. The van der Waals surface area contributed by atoms with Gasteiger partial charge in [-0.1, -0.05) is 0 Å². The van der Waals surface area contributed by atoms with Gasteiger partial charge in [-0.15, -0.1) is 0 Å². The molecule has 0 spiro atoms. The number of unbranched alkanes of at least 4 members (excludes halogenated alkanes) is 2. The first-order valence-corrected chi connectivity index (χ1v) is 5.70. The van der Waals surface area contributed by atoms with Crippen molar-refractivity contribution in [1.82, 2.24) is 5.32 Å². The van der Waals surface area contributed by atoms with Crippen molar-refractivity contribution in [3.05, 3.63) is 29.3 Å². The molecular formula is C12H16F2N2O2. The summed E-state index contributed by atoms with van der Waals surface area (Å²) in [5.74, 6) is -2.71. The van der Waals surface area contributed by atoms with Gasteiger partial charge in [0.25, 0.3) is 5.91 Å². The number of carbonyl (C=O) groups excluding carboxylic acids is 1. The van der Waals surface area contributed by atoms with E-state index in [1.807, 2.05) is 0 Å². The van der Waals surface area contributed by atoms with Gasteiger partial charge in [-0.3, -0.25) is 4.79 Å². The van der Waals surface area contributed by atoms with E-state index < -0.39 is 17.5 Å². The van der Waals surface area contributed by atoms with Crippen LogP contribution in [0, 0.1) is 11.6 Å². The lowest BCUT2D eigenvalue weighted by molar-refractivity contribution is 0.0953. The van der Waals surface area contributed by atoms with Crippen molar-refractivity contribution < 1.29 is 18.7 Å². The summed E-state index contributed by atoms with van der Waals surface area (Å²) in [6.07, 6.45) is 2.16. The van der Waals surface area contributed by atoms with E-state index in [-0.39, 0.29) is 17.9 Å². The van der Waals surface area contributed by atoms with Crippen LogP contribution >= 0.6 is 0 Å². The topological polar surface area (TPSA) is 75.4 Å². The first-order chi connectivity index (χ1) is 8.56. The Kier molecular flexibility index (Phi) is 5.51. The Balaban J connectivity index is 2.54. The van der Waals surface area contributed by atoms with Gasteiger partial charge in [-0.2, -0.15) is 0 Å². The minimum absolute atomic E-state index is 0.0731. The van der Waals surface area contributed by atoms with Crippen molar-refractivity contribution in [1.29, 1.82) is 0 Å². The third kappa shape index (κ3) is 3.96. The summed E-state index contributed by atoms with van der Waals surface area (Å²) in [7, 11) is 0. The molecule has 1 amide bonds. The molecule has 0 fully saturated rings. The lowest BCUT2D eigenvalue weighted by atomic mass is 10.1. The number of aliphatic hydroxyl groups excluding tert-OH is 1. The smallest absolute Gasteiger partial charge is 0.253 e. The maximum atomic E-state index is 13.0. The summed E-state index contributed by atoms with van der Waals surface area (Å²) < 4.78 is 25.8. The minimum Gasteiger partial charge on any atom is -0.398 e. The highest BCUT2D eigenvalue weighted by atomic mass is 19.2. The third-order valence-corrected chi connectivity index (χ3v) is 2.46. The maximum absolute atomic E-state index is 13.0. The number of benzene rings is 1. The summed E-state index contributed by atoms with van der Waals surface area (Å²) in [4.78, 5) is 11.6. The molecule has 0 atom stereocenters. The number of anilines is 1. The van der Waals surface area contributed by atoms with Gasteiger partial charge >= 0.3 is 0 Å². The number of rotatable bonds is 6. The largest absolute Gasteiger partial charge is 0.398 e. The van der Waals surface area contributed by atoms with Gasteiger partial charge in [0.05, 0.1) is 5.56 Å². The second-order valence-corrected chi connectivity index (χ2v) is 3.89. The van der Waals surface area contributed by atoms with E-state index in [9.17, 15) is 13.6 Å². The molecule has 100 valence electrons. The van der Waals surface area contributed by atoms with Gasteiger partial charge in [0.2, 0.25) is 0 Å². The Bertz CT molecular complexity index is 425. The molecule has 18 heavy (non-hydrogen) atoms. The van der Waals surface area contributed by atoms with Crippen LogP contribution in [-0.4, -0.2) is 24.2 Å². The Hall–Kier alpha value is -1.69. The second kappa shape index (κ2) is 6.90. The zero-order valence-electron chi connectivity index (χ0n) is 9.88. The highest BCUT2D eigenvalue weighted by Gasteiger charge is 2.13. The fraction of sp³-hybridized carbons (Fsp3) is 0.417. The van der Waals surface area contributed by atoms with Crippen molar-refractivity contribution in [3.63, 3.8) is 0 Å². The first kappa shape index (κ1) is 14.4. The summed E-state index contributed by atoms with van der Waals surface area (Å²) in [6, 6.07) is 1.57. The molecule has 0 aromatic heterocycles. The molecule has 1 aromatic carbocycles. The minimum atomic E-state index is -1.10. The summed E-state index contributed by atoms with van der Waals surface area (Å²) in [5, 5.41) is 11.1. The van der Waals surface area contributed by atoms with Crippen LogP contribution in [0.4, 0.5) is 14.5 Å². The van der Waals surface area contributed by atoms with E-state index in [0.29, 0.717) is 19.4 Å². The van der Waals surface area contributed by atoms with Crippen LogP contribution in [0.1, 0.15) is 29.6 Å². The zero-order chi connectivity index (χ0) is 13.5. The summed E-state index contributed by atoms with van der Waals surface area (Å²) >= 11 is 0. The van der Waals surface area contributed by atoms with Gasteiger partial charge < -0.3 is 16.2 Å². The van der Waals surface area contributed by atoms with E-state index in [4.69, 9.17) is 10.8 Å². The lowest BCUT2D eigenvalue weighted by Crippen LogP contribution is -2.25. The second-order valence-electron chi connectivity index (χ2n) is 3.89. The van der Waals surface area contributed by atoms with Gasteiger partial charge in [-0.25, -0.2) is 8.78 Å². The number of carbonyl (C=O) groups is 1. The van der Waals surface area contributed by atoms with Crippen LogP contribution in [0.25, 0.3) is 0 Å². The van der Waals surface area contributed by atoms with Crippen molar-refractivity contribution in [2.24, 2.45) is 0 Å². The molecule has 4 nitrogen and oxygen atoms in total. The Morgan fingerprint density at radius 3 is 2.56 bits per heavy atom. The molecule has 1 rings (SSSR count). The number of halogens is 2. The number of hydrogen-bond acceptors (Lipinski definition) is 3. The fourth-order valence-corrected chi connectivity index (χ4v) is 1.47.